The normalized spacial score (nSPS) is 15.0. The highest BCUT2D eigenvalue weighted by atomic mass is 35.5. The van der Waals surface area contributed by atoms with Crippen LogP contribution in [-0.4, -0.2) is 46.7 Å². The molecule has 9 nitrogen and oxygen atoms in total. The van der Waals surface area contributed by atoms with E-state index in [9.17, 15) is 4.21 Å². The van der Waals surface area contributed by atoms with Gasteiger partial charge in [0.2, 0.25) is 5.16 Å². The van der Waals surface area contributed by atoms with E-state index < -0.39 is 10.8 Å². The van der Waals surface area contributed by atoms with Gasteiger partial charge in [-0.3, -0.25) is 4.21 Å². The predicted molar refractivity (Wildman–Crippen MR) is 211 cm³/mol. The average Bonchev–Trinajstić information content (AvgIpc) is 3.19. The molecule has 53 heavy (non-hydrogen) atoms. The SMILES string of the molecule is COc1ccc(CN(Cc2ccc(OC)cc2)c2ncccc2[C@@H](C)N(C)c2nc(S(C)=O)nc3c2COC(c2cccc4cccc(Cl)c24)C3)cc1. The number of anilines is 2. The Bertz CT molecular complexity index is 2200. The van der Waals surface area contributed by atoms with Crippen molar-refractivity contribution >= 4 is 44.8 Å². The van der Waals surface area contributed by atoms with Crippen LogP contribution in [0.4, 0.5) is 11.6 Å². The molecule has 2 aromatic heterocycles. The van der Waals surface area contributed by atoms with Gasteiger partial charge >= 0.3 is 0 Å². The van der Waals surface area contributed by atoms with Crippen LogP contribution in [0.1, 0.15) is 52.6 Å². The van der Waals surface area contributed by atoms with Gasteiger partial charge in [-0.25, -0.2) is 15.0 Å². The molecule has 3 heterocycles. The van der Waals surface area contributed by atoms with Gasteiger partial charge in [0.15, 0.2) is 0 Å². The van der Waals surface area contributed by atoms with Gasteiger partial charge in [-0.1, -0.05) is 72.3 Å². The molecule has 11 heteroatoms. The lowest BCUT2D eigenvalue weighted by atomic mass is 9.94. The number of nitrogens with zero attached hydrogens (tertiary/aromatic N) is 5. The Kier molecular flexibility index (Phi) is 10.9. The summed E-state index contributed by atoms with van der Waals surface area (Å²) in [6, 6.07) is 32.2. The number of ether oxygens (including phenoxy) is 3. The predicted octanol–water partition coefficient (Wildman–Crippen LogP) is 8.65. The van der Waals surface area contributed by atoms with E-state index in [1.807, 2.05) is 61.8 Å². The van der Waals surface area contributed by atoms with Crippen molar-refractivity contribution in [2.75, 3.05) is 37.3 Å². The Balaban J connectivity index is 1.24. The largest absolute Gasteiger partial charge is 0.497 e. The zero-order valence-electron chi connectivity index (χ0n) is 30.5. The number of rotatable bonds is 12. The molecule has 0 saturated heterocycles. The van der Waals surface area contributed by atoms with Crippen molar-refractivity contribution in [3.8, 4) is 11.5 Å². The van der Waals surface area contributed by atoms with Crippen LogP contribution in [0.15, 0.2) is 108 Å². The Morgan fingerprint density at radius 1 is 0.868 bits per heavy atom. The van der Waals surface area contributed by atoms with Gasteiger partial charge in [-0.15, -0.1) is 0 Å². The lowest BCUT2D eigenvalue weighted by Crippen LogP contribution is -2.30. The van der Waals surface area contributed by atoms with Crippen molar-refractivity contribution in [1.29, 1.82) is 0 Å². The van der Waals surface area contributed by atoms with Crippen molar-refractivity contribution in [1.82, 2.24) is 15.0 Å². The zero-order chi connectivity index (χ0) is 37.1. The number of pyridine rings is 1. The molecule has 0 aliphatic carbocycles. The van der Waals surface area contributed by atoms with Gasteiger partial charge in [0.1, 0.15) is 23.1 Å². The molecule has 0 spiro atoms. The minimum absolute atomic E-state index is 0.181. The third-order valence-corrected chi connectivity index (χ3v) is 10.9. The minimum atomic E-state index is -1.40. The molecule has 0 N–H and O–H groups in total. The summed E-state index contributed by atoms with van der Waals surface area (Å²) in [6.07, 6.45) is 3.67. The first-order valence-corrected chi connectivity index (χ1v) is 19.4. The number of methoxy groups -OCH3 is 2. The highest BCUT2D eigenvalue weighted by molar-refractivity contribution is 7.84. The Labute approximate surface area is 318 Å². The molecule has 272 valence electrons. The summed E-state index contributed by atoms with van der Waals surface area (Å²) in [5.74, 6) is 3.15. The summed E-state index contributed by atoms with van der Waals surface area (Å²) in [5, 5.41) is 3.00. The lowest BCUT2D eigenvalue weighted by molar-refractivity contribution is 0.0266. The second kappa shape index (κ2) is 15.9. The van der Waals surface area contributed by atoms with Gasteiger partial charge in [0.05, 0.1) is 49.5 Å². The van der Waals surface area contributed by atoms with Crippen molar-refractivity contribution in [3.63, 3.8) is 0 Å². The molecule has 0 radical (unpaired) electrons. The maximum Gasteiger partial charge on any atom is 0.220 e. The smallest absolute Gasteiger partial charge is 0.220 e. The van der Waals surface area contributed by atoms with Gasteiger partial charge in [0, 0.05) is 60.5 Å². The van der Waals surface area contributed by atoms with E-state index >= 15 is 0 Å². The van der Waals surface area contributed by atoms with Crippen LogP contribution in [-0.2, 0) is 41.7 Å². The minimum Gasteiger partial charge on any atom is -0.497 e. The van der Waals surface area contributed by atoms with E-state index in [4.69, 9.17) is 40.8 Å². The van der Waals surface area contributed by atoms with Crippen molar-refractivity contribution in [2.24, 2.45) is 0 Å². The molecule has 7 rings (SSSR count). The molecular weight excluding hydrogens is 706 g/mol. The van der Waals surface area contributed by atoms with E-state index in [0.717, 1.165) is 61.6 Å². The van der Waals surface area contributed by atoms with Crippen LogP contribution in [0.3, 0.4) is 0 Å². The molecule has 2 unspecified atom stereocenters. The summed E-state index contributed by atoms with van der Waals surface area (Å²) in [5.41, 5.74) is 5.98. The van der Waals surface area contributed by atoms with Crippen molar-refractivity contribution in [3.05, 3.63) is 142 Å². The van der Waals surface area contributed by atoms with E-state index in [-0.39, 0.29) is 12.1 Å². The number of halogens is 1. The van der Waals surface area contributed by atoms with Crippen LogP contribution in [0.5, 0.6) is 11.5 Å². The number of aromatic nitrogens is 3. The average molecular weight is 748 g/mol. The molecule has 3 atom stereocenters. The van der Waals surface area contributed by atoms with Crippen molar-refractivity contribution in [2.45, 2.75) is 50.3 Å². The molecule has 0 amide bonds. The van der Waals surface area contributed by atoms with Crippen LogP contribution in [0.2, 0.25) is 5.02 Å². The highest BCUT2D eigenvalue weighted by Gasteiger charge is 2.31. The summed E-state index contributed by atoms with van der Waals surface area (Å²) in [4.78, 5) is 19.1. The highest BCUT2D eigenvalue weighted by Crippen LogP contribution is 2.40. The fourth-order valence-electron chi connectivity index (χ4n) is 6.94. The number of benzene rings is 4. The van der Waals surface area contributed by atoms with E-state index in [1.54, 1.807) is 20.5 Å². The van der Waals surface area contributed by atoms with Gasteiger partial charge < -0.3 is 24.0 Å². The number of fused-ring (bicyclic) bond motifs is 2. The summed E-state index contributed by atoms with van der Waals surface area (Å²) >= 11 is 6.71. The second-order valence-corrected chi connectivity index (χ2v) is 14.8. The van der Waals surface area contributed by atoms with Crippen LogP contribution >= 0.6 is 11.6 Å². The maximum absolute atomic E-state index is 13.0. The van der Waals surface area contributed by atoms with E-state index in [1.165, 1.54) is 0 Å². The molecular formula is C42H42ClN5O4S. The molecule has 1 aliphatic rings. The summed E-state index contributed by atoms with van der Waals surface area (Å²) < 4.78 is 30.4. The number of hydrogen-bond acceptors (Lipinski definition) is 9. The lowest BCUT2D eigenvalue weighted by Gasteiger charge is -2.34. The third kappa shape index (κ3) is 7.71. The monoisotopic (exact) mass is 747 g/mol. The van der Waals surface area contributed by atoms with E-state index in [2.05, 4.69) is 65.3 Å². The van der Waals surface area contributed by atoms with Gasteiger partial charge in [-0.2, -0.15) is 0 Å². The first kappa shape index (κ1) is 36.3. The number of hydrogen-bond donors (Lipinski definition) is 0. The maximum atomic E-state index is 13.0. The van der Waals surface area contributed by atoms with Crippen LogP contribution < -0.4 is 19.3 Å². The Morgan fingerprint density at radius 3 is 2.13 bits per heavy atom. The quantitative estimate of drug-likeness (QED) is 0.114. The van der Waals surface area contributed by atoms with Crippen molar-refractivity contribution < 1.29 is 18.4 Å². The van der Waals surface area contributed by atoms with Crippen LogP contribution in [0.25, 0.3) is 10.8 Å². The standard InChI is InChI=1S/C42H42ClN5O4S/c1-27(33-12-8-22-44-40(33)48(24-28-14-18-31(50-3)19-15-28)25-29-16-20-32(51-4)21-17-29)47(2)41-35-26-52-38(23-37(35)45-42(46-41)53(5)49)34-11-6-9-30-10-7-13-36(43)39(30)34/h6-22,27,38H,23-26H2,1-5H3/t27-,38?,53?/m1/s1. The third-order valence-electron chi connectivity index (χ3n) is 9.89. The molecule has 1 aliphatic heterocycles. The topological polar surface area (TPSA) is 89.9 Å². The zero-order valence-corrected chi connectivity index (χ0v) is 32.0. The van der Waals surface area contributed by atoms with Gasteiger partial charge in [-0.05, 0) is 65.4 Å². The molecule has 4 aromatic carbocycles. The fraction of sp³-hybridized carbons (Fsp3) is 0.262. The van der Waals surface area contributed by atoms with Crippen LogP contribution in [0, 0.1) is 0 Å². The molecule has 0 fully saturated rings. The van der Waals surface area contributed by atoms with Gasteiger partial charge in [0.25, 0.3) is 0 Å². The first-order valence-electron chi connectivity index (χ1n) is 17.4. The summed E-state index contributed by atoms with van der Waals surface area (Å²) in [7, 11) is 3.95. The molecule has 0 saturated carbocycles. The molecule has 6 aromatic rings. The Hall–Kier alpha value is -5.03. The Morgan fingerprint density at radius 2 is 1.51 bits per heavy atom. The first-order chi connectivity index (χ1) is 25.7. The van der Waals surface area contributed by atoms with E-state index in [0.29, 0.717) is 42.1 Å². The molecule has 0 bridgehead atoms. The fourth-order valence-corrected chi connectivity index (χ4v) is 7.69. The summed E-state index contributed by atoms with van der Waals surface area (Å²) in [6.45, 7) is 3.67. The second-order valence-electron chi connectivity index (χ2n) is 13.2.